The highest BCUT2D eigenvalue weighted by molar-refractivity contribution is 5.96. The molecule has 17 heavy (non-hydrogen) atoms. The van der Waals surface area contributed by atoms with E-state index < -0.39 is 0 Å². The fourth-order valence-corrected chi connectivity index (χ4v) is 1.49. The number of nitrogen functional groups attached to an aromatic ring is 1. The largest absolute Gasteiger partial charge is 0.396 e. The number of hydrogen-bond donors (Lipinski definition) is 2. The molecule has 0 atom stereocenters. The predicted octanol–water partition coefficient (Wildman–Crippen LogP) is 2.89. The number of para-hydroxylation sites is 1. The summed E-state index contributed by atoms with van der Waals surface area (Å²) in [5.41, 5.74) is 8.22. The topological polar surface area (TPSA) is 50.9 Å². The molecule has 0 aliphatic rings. The molecule has 0 saturated heterocycles. The van der Waals surface area contributed by atoms with Gasteiger partial charge in [-0.2, -0.15) is 0 Å². The Morgan fingerprint density at radius 1 is 1.35 bits per heavy atom. The highest BCUT2D eigenvalue weighted by Gasteiger charge is 2.04. The van der Waals surface area contributed by atoms with Crippen LogP contribution in [0, 0.1) is 12.3 Å². The standard InChI is InChI=1S/C12H11N3.C2H6/c1-2-7-14-12-9-5-3-4-6-11(9)15-8-10(12)13;1-2/h1,3-6,8H,7,13H2,(H,14,15);1-2H3. The Bertz CT molecular complexity index is 526. The number of nitrogens with two attached hydrogens (primary N) is 1. The van der Waals surface area contributed by atoms with Gasteiger partial charge in [-0.15, -0.1) is 6.42 Å². The molecule has 1 aromatic carbocycles. The van der Waals surface area contributed by atoms with E-state index in [0.717, 1.165) is 16.6 Å². The van der Waals surface area contributed by atoms with E-state index in [4.69, 9.17) is 12.2 Å². The zero-order valence-corrected chi connectivity index (χ0v) is 10.2. The number of aromatic nitrogens is 1. The molecule has 0 saturated carbocycles. The Kier molecular flexibility index (Phi) is 4.83. The number of nitrogens with zero attached hydrogens (tertiary/aromatic N) is 1. The van der Waals surface area contributed by atoms with Crippen molar-refractivity contribution < 1.29 is 0 Å². The van der Waals surface area contributed by atoms with Crippen LogP contribution in [-0.4, -0.2) is 11.5 Å². The number of pyridine rings is 1. The Morgan fingerprint density at radius 3 is 2.76 bits per heavy atom. The van der Waals surface area contributed by atoms with Gasteiger partial charge >= 0.3 is 0 Å². The third kappa shape index (κ3) is 2.88. The molecular formula is C14H17N3. The summed E-state index contributed by atoms with van der Waals surface area (Å²) in [7, 11) is 0. The fourth-order valence-electron chi connectivity index (χ4n) is 1.49. The lowest BCUT2D eigenvalue weighted by molar-refractivity contribution is 1.36. The van der Waals surface area contributed by atoms with E-state index in [1.807, 2.05) is 38.1 Å². The minimum absolute atomic E-state index is 0.457. The molecule has 0 amide bonds. The first kappa shape index (κ1) is 12.9. The lowest BCUT2D eigenvalue weighted by Gasteiger charge is -2.09. The monoisotopic (exact) mass is 227 g/mol. The molecule has 0 aliphatic carbocycles. The number of benzene rings is 1. The van der Waals surface area contributed by atoms with Crippen LogP contribution in [0.5, 0.6) is 0 Å². The molecule has 2 aromatic rings. The first-order chi connectivity index (χ1) is 8.33. The van der Waals surface area contributed by atoms with E-state index in [2.05, 4.69) is 16.2 Å². The van der Waals surface area contributed by atoms with Crippen molar-refractivity contribution in [2.45, 2.75) is 13.8 Å². The number of anilines is 2. The van der Waals surface area contributed by atoms with Gasteiger partial charge in [0, 0.05) is 5.39 Å². The molecule has 3 heteroatoms. The molecule has 2 rings (SSSR count). The van der Waals surface area contributed by atoms with Crippen LogP contribution in [0.15, 0.2) is 30.5 Å². The number of nitrogens with one attached hydrogen (secondary N) is 1. The maximum atomic E-state index is 5.83. The molecule has 1 aromatic heterocycles. The van der Waals surface area contributed by atoms with Crippen molar-refractivity contribution in [3.05, 3.63) is 30.5 Å². The first-order valence-electron chi connectivity index (χ1n) is 5.63. The molecular weight excluding hydrogens is 210 g/mol. The van der Waals surface area contributed by atoms with Crippen molar-refractivity contribution in [2.75, 3.05) is 17.6 Å². The number of rotatable bonds is 2. The third-order valence-electron chi connectivity index (χ3n) is 2.17. The second-order valence-corrected chi connectivity index (χ2v) is 3.16. The zero-order chi connectivity index (χ0) is 12.7. The lowest BCUT2D eigenvalue weighted by Crippen LogP contribution is -2.03. The van der Waals surface area contributed by atoms with E-state index in [1.54, 1.807) is 6.20 Å². The van der Waals surface area contributed by atoms with Crippen LogP contribution in [0.4, 0.5) is 11.4 Å². The predicted molar refractivity (Wildman–Crippen MR) is 74.8 cm³/mol. The van der Waals surface area contributed by atoms with E-state index in [1.165, 1.54) is 0 Å². The van der Waals surface area contributed by atoms with Gasteiger partial charge in [-0.25, -0.2) is 0 Å². The summed E-state index contributed by atoms with van der Waals surface area (Å²) >= 11 is 0. The summed E-state index contributed by atoms with van der Waals surface area (Å²) in [4.78, 5) is 4.23. The summed E-state index contributed by atoms with van der Waals surface area (Å²) in [5, 5.41) is 4.10. The third-order valence-corrected chi connectivity index (χ3v) is 2.17. The minimum atomic E-state index is 0.457. The van der Waals surface area contributed by atoms with Gasteiger partial charge in [0.15, 0.2) is 0 Å². The summed E-state index contributed by atoms with van der Waals surface area (Å²) in [6.45, 7) is 4.46. The Labute approximate surface area is 102 Å². The van der Waals surface area contributed by atoms with Gasteiger partial charge in [0.25, 0.3) is 0 Å². The Morgan fingerprint density at radius 2 is 2.06 bits per heavy atom. The van der Waals surface area contributed by atoms with Crippen LogP contribution < -0.4 is 11.1 Å². The lowest BCUT2D eigenvalue weighted by atomic mass is 10.1. The molecule has 0 unspecified atom stereocenters. The van der Waals surface area contributed by atoms with Crippen LogP contribution >= 0.6 is 0 Å². The molecule has 0 aliphatic heterocycles. The van der Waals surface area contributed by atoms with Crippen molar-refractivity contribution in [1.29, 1.82) is 0 Å². The van der Waals surface area contributed by atoms with Crippen molar-refractivity contribution in [3.63, 3.8) is 0 Å². The molecule has 1 heterocycles. The van der Waals surface area contributed by atoms with Crippen molar-refractivity contribution in [2.24, 2.45) is 0 Å². The number of terminal acetylenes is 1. The summed E-state index contributed by atoms with van der Waals surface area (Å²) < 4.78 is 0. The van der Waals surface area contributed by atoms with Gasteiger partial charge in [0.1, 0.15) is 0 Å². The molecule has 3 N–H and O–H groups in total. The average molecular weight is 227 g/mol. The fraction of sp³-hybridized carbons (Fsp3) is 0.214. The van der Waals surface area contributed by atoms with Crippen LogP contribution in [0.3, 0.4) is 0 Å². The van der Waals surface area contributed by atoms with Crippen LogP contribution in [-0.2, 0) is 0 Å². The summed E-state index contributed by atoms with van der Waals surface area (Å²) in [6.07, 6.45) is 6.84. The van der Waals surface area contributed by atoms with Gasteiger partial charge in [-0.1, -0.05) is 38.0 Å². The van der Waals surface area contributed by atoms with Gasteiger partial charge in [0.05, 0.1) is 29.6 Å². The van der Waals surface area contributed by atoms with E-state index >= 15 is 0 Å². The minimum Gasteiger partial charge on any atom is -0.396 e. The van der Waals surface area contributed by atoms with Crippen LogP contribution in [0.1, 0.15) is 13.8 Å². The van der Waals surface area contributed by atoms with E-state index in [9.17, 15) is 0 Å². The Hall–Kier alpha value is -2.21. The molecule has 3 nitrogen and oxygen atoms in total. The van der Waals surface area contributed by atoms with Crippen LogP contribution in [0.25, 0.3) is 10.9 Å². The summed E-state index contributed by atoms with van der Waals surface area (Å²) in [6, 6.07) is 7.80. The second-order valence-electron chi connectivity index (χ2n) is 3.16. The van der Waals surface area contributed by atoms with Gasteiger partial charge < -0.3 is 11.1 Å². The first-order valence-corrected chi connectivity index (χ1v) is 5.63. The highest BCUT2D eigenvalue weighted by atomic mass is 14.9. The maximum absolute atomic E-state index is 5.83. The normalized spacial score (nSPS) is 9.00. The van der Waals surface area contributed by atoms with Gasteiger partial charge in [-0.05, 0) is 6.07 Å². The molecule has 0 radical (unpaired) electrons. The van der Waals surface area contributed by atoms with Crippen molar-refractivity contribution >= 4 is 22.3 Å². The van der Waals surface area contributed by atoms with E-state index in [-0.39, 0.29) is 0 Å². The zero-order valence-electron chi connectivity index (χ0n) is 10.2. The molecule has 0 bridgehead atoms. The maximum Gasteiger partial charge on any atom is 0.0764 e. The molecule has 88 valence electrons. The summed E-state index contributed by atoms with van der Waals surface area (Å²) in [5.74, 6) is 2.52. The Balaban J connectivity index is 0.000000686. The SMILES string of the molecule is C#CCNc1c(N)cnc2ccccc12.CC. The molecule has 0 spiro atoms. The van der Waals surface area contributed by atoms with E-state index in [0.29, 0.717) is 12.2 Å². The van der Waals surface area contributed by atoms with Crippen molar-refractivity contribution in [1.82, 2.24) is 4.98 Å². The molecule has 0 fully saturated rings. The van der Waals surface area contributed by atoms with Crippen molar-refractivity contribution in [3.8, 4) is 12.3 Å². The highest BCUT2D eigenvalue weighted by Crippen LogP contribution is 2.26. The van der Waals surface area contributed by atoms with Crippen LogP contribution in [0.2, 0.25) is 0 Å². The van der Waals surface area contributed by atoms with Gasteiger partial charge in [-0.3, -0.25) is 4.98 Å². The average Bonchev–Trinajstić information content (AvgIpc) is 2.40. The number of hydrogen-bond acceptors (Lipinski definition) is 3. The quantitative estimate of drug-likeness (QED) is 0.776. The smallest absolute Gasteiger partial charge is 0.0764 e. The van der Waals surface area contributed by atoms with Gasteiger partial charge in [0.2, 0.25) is 0 Å². The second kappa shape index (κ2) is 6.39. The number of fused-ring (bicyclic) bond motifs is 1.